The number of aliphatic hydroxyl groups is 2. The average molecular weight is 514 g/mol. The molecular formula is C32H49O5+. The topological polar surface area (TPSA) is 81.8 Å². The summed E-state index contributed by atoms with van der Waals surface area (Å²) < 4.78 is 11.8. The van der Waals surface area contributed by atoms with Gasteiger partial charge >= 0.3 is 0 Å². The summed E-state index contributed by atoms with van der Waals surface area (Å²) in [5.74, 6) is 1.58. The van der Waals surface area contributed by atoms with Crippen LogP contribution < -0.4 is 0 Å². The molecule has 1 spiro atoms. The molecule has 5 heteroatoms. The van der Waals surface area contributed by atoms with Crippen molar-refractivity contribution >= 4 is 0 Å². The van der Waals surface area contributed by atoms with Crippen molar-refractivity contribution in [3.05, 3.63) is 47.6 Å². The smallest absolute Gasteiger partial charge is 0.187 e. The number of aliphatic hydroxyl groups excluding tert-OH is 2. The van der Waals surface area contributed by atoms with Crippen LogP contribution in [-0.4, -0.2) is 53.1 Å². The molecule has 1 saturated heterocycles. The third-order valence-corrected chi connectivity index (χ3v) is 11.1. The van der Waals surface area contributed by atoms with Gasteiger partial charge in [0, 0.05) is 24.7 Å². The Labute approximate surface area is 223 Å². The van der Waals surface area contributed by atoms with Crippen molar-refractivity contribution in [2.24, 2.45) is 28.6 Å². The zero-order valence-corrected chi connectivity index (χ0v) is 23.0. The average Bonchev–Trinajstić information content (AvgIpc) is 3.38. The van der Waals surface area contributed by atoms with E-state index < -0.39 is 6.29 Å². The molecule has 5 rings (SSSR count). The minimum absolute atomic E-state index is 0.0535. The predicted octanol–water partition coefficient (Wildman–Crippen LogP) is 5.35. The van der Waals surface area contributed by atoms with Gasteiger partial charge in [-0.1, -0.05) is 44.7 Å². The molecule has 5 fully saturated rings. The monoisotopic (exact) mass is 513 g/mol. The molecule has 4 saturated carbocycles. The first-order valence-electron chi connectivity index (χ1n) is 14.8. The minimum atomic E-state index is -0.790. The van der Waals surface area contributed by atoms with Gasteiger partial charge in [0.15, 0.2) is 12.4 Å². The lowest BCUT2D eigenvalue weighted by Crippen LogP contribution is -2.34. The molecule has 4 N–H and O–H groups in total. The summed E-state index contributed by atoms with van der Waals surface area (Å²) in [5.41, 5.74) is 4.96. The van der Waals surface area contributed by atoms with Crippen LogP contribution in [0.5, 0.6) is 0 Å². The van der Waals surface area contributed by atoms with Crippen LogP contribution in [0.1, 0.15) is 84.5 Å². The molecule has 0 aromatic rings. The maximum Gasteiger partial charge on any atom is 0.187 e. The summed E-state index contributed by atoms with van der Waals surface area (Å²) in [4.78, 5) is 0. The Balaban J connectivity index is 1.21. The molecule has 1 heterocycles. The summed E-state index contributed by atoms with van der Waals surface area (Å²) in [6.45, 7) is 13.8. The molecule has 0 amide bonds. The Kier molecular flexibility index (Phi) is 7.93. The van der Waals surface area contributed by atoms with Gasteiger partial charge in [0.05, 0.1) is 17.6 Å². The standard InChI is InChI=1S/C32H48O5/c1-20-21(2)30(35)37-27(20)13-11-25-10-12-26-24(7-5-15-31(25,26)4)9-8-23-14-16-32(29(34)22(23)3)19-28(32)36-18-6-17-33/h8-9,20,25-30,33-35H,2-3,5-7,10-19H2,1,4H3/p+1/b23-8-,24-9+/t20-,25?,26-,27+,28?,29+,30?,31+,32?/m0/s1. The van der Waals surface area contributed by atoms with Gasteiger partial charge in [0.25, 0.3) is 0 Å². The van der Waals surface area contributed by atoms with Gasteiger partial charge in [-0.05, 0) is 99.0 Å². The van der Waals surface area contributed by atoms with Gasteiger partial charge in [0.1, 0.15) is 0 Å². The fourth-order valence-corrected chi connectivity index (χ4v) is 8.31. The molecule has 5 nitrogen and oxygen atoms in total. The first kappa shape index (κ1) is 27.3. The number of hydrogen-bond acceptors (Lipinski definition) is 4. The van der Waals surface area contributed by atoms with Crippen molar-refractivity contribution in [1.29, 1.82) is 0 Å². The molecule has 0 bridgehead atoms. The van der Waals surface area contributed by atoms with E-state index in [1.54, 1.807) is 5.57 Å². The fourth-order valence-electron chi connectivity index (χ4n) is 8.31. The number of rotatable bonds is 8. The lowest BCUT2D eigenvalue weighted by Gasteiger charge is -2.42. The van der Waals surface area contributed by atoms with Crippen LogP contribution >= 0.6 is 0 Å². The third kappa shape index (κ3) is 4.96. The maximum absolute atomic E-state index is 10.0. The molecular weight excluding hydrogens is 464 g/mol. The van der Waals surface area contributed by atoms with Crippen LogP contribution in [0.2, 0.25) is 0 Å². The first-order valence-corrected chi connectivity index (χ1v) is 14.8. The summed E-state index contributed by atoms with van der Waals surface area (Å²) in [6.07, 6.45) is 16.0. The number of fused-ring (bicyclic) bond motifs is 1. The van der Waals surface area contributed by atoms with Crippen LogP contribution in [0.25, 0.3) is 0 Å². The fraction of sp³-hybridized carbons (Fsp3) is 0.750. The number of ether oxygens (including phenoxy) is 2. The van der Waals surface area contributed by atoms with E-state index in [0.717, 1.165) is 43.3 Å². The van der Waals surface area contributed by atoms with E-state index in [1.165, 1.54) is 37.7 Å². The van der Waals surface area contributed by atoms with E-state index in [0.29, 0.717) is 30.3 Å². The van der Waals surface area contributed by atoms with Crippen molar-refractivity contribution in [3.8, 4) is 0 Å². The minimum Gasteiger partial charge on any atom is -0.439 e. The lowest BCUT2D eigenvalue weighted by atomic mass is 9.62. The lowest BCUT2D eigenvalue weighted by molar-refractivity contribution is -0.0837. The second-order valence-corrected chi connectivity index (χ2v) is 12.9. The predicted molar refractivity (Wildman–Crippen MR) is 147 cm³/mol. The van der Waals surface area contributed by atoms with Crippen LogP contribution in [0, 0.1) is 28.6 Å². The summed E-state index contributed by atoms with van der Waals surface area (Å²) in [6, 6.07) is 0. The molecule has 0 aromatic heterocycles. The zero-order chi connectivity index (χ0) is 26.4. The van der Waals surface area contributed by atoms with Crippen molar-refractivity contribution in [1.82, 2.24) is 0 Å². The first-order chi connectivity index (χ1) is 17.7. The van der Waals surface area contributed by atoms with E-state index in [2.05, 4.69) is 39.2 Å². The van der Waals surface area contributed by atoms with Crippen molar-refractivity contribution in [2.75, 3.05) is 13.2 Å². The molecule has 206 valence electrons. The third-order valence-electron chi connectivity index (χ3n) is 11.1. The second-order valence-electron chi connectivity index (χ2n) is 12.9. The van der Waals surface area contributed by atoms with Gasteiger partial charge in [-0.3, -0.25) is 0 Å². The molecule has 9 atom stereocenters. The number of allylic oxidation sites excluding steroid dienone is 3. The van der Waals surface area contributed by atoms with E-state index in [4.69, 9.17) is 19.7 Å². The Morgan fingerprint density at radius 3 is 2.70 bits per heavy atom. The summed E-state index contributed by atoms with van der Waals surface area (Å²) in [7, 11) is 0. The van der Waals surface area contributed by atoms with E-state index in [1.807, 2.05) is 0 Å². The van der Waals surface area contributed by atoms with Crippen LogP contribution in [0.3, 0.4) is 0 Å². The molecule has 0 aromatic carbocycles. The van der Waals surface area contributed by atoms with E-state index >= 15 is 0 Å². The normalized spacial score (nSPS) is 45.8. The highest BCUT2D eigenvalue weighted by Crippen LogP contribution is 2.61. The van der Waals surface area contributed by atoms with Crippen LogP contribution in [-0.2, 0) is 9.47 Å². The Morgan fingerprint density at radius 1 is 1.16 bits per heavy atom. The largest absolute Gasteiger partial charge is 0.439 e. The van der Waals surface area contributed by atoms with Crippen molar-refractivity contribution in [2.45, 2.75) is 109 Å². The summed E-state index contributed by atoms with van der Waals surface area (Å²) in [5, 5.41) is 28.0. The van der Waals surface area contributed by atoms with Gasteiger partial charge in [-0.2, -0.15) is 0 Å². The van der Waals surface area contributed by atoms with Crippen molar-refractivity contribution in [3.63, 3.8) is 0 Å². The Morgan fingerprint density at radius 2 is 1.97 bits per heavy atom. The Bertz CT molecular complexity index is 951. The highest BCUT2D eigenvalue weighted by molar-refractivity contribution is 5.42. The molecule has 0 radical (unpaired) electrons. The van der Waals surface area contributed by atoms with E-state index in [-0.39, 0.29) is 36.3 Å². The van der Waals surface area contributed by atoms with E-state index in [9.17, 15) is 5.11 Å². The van der Waals surface area contributed by atoms with Crippen molar-refractivity contribution < 1.29 is 24.8 Å². The van der Waals surface area contributed by atoms with Gasteiger partial charge < -0.3 is 24.8 Å². The molecule has 4 aliphatic carbocycles. The highest BCUT2D eigenvalue weighted by atomic mass is 16.6. The van der Waals surface area contributed by atoms with Crippen LogP contribution in [0.4, 0.5) is 0 Å². The maximum atomic E-state index is 10.0. The van der Waals surface area contributed by atoms with Gasteiger partial charge in [0.2, 0.25) is 0 Å². The zero-order valence-electron chi connectivity index (χ0n) is 23.0. The Hall–Kier alpha value is -1.24. The SMILES string of the molecule is C=C1/C(=C\C=C2/CCC[C@]3(C)C(CC[C@H]4OC(O)C(=C)[C@@H]4C)CC[C@@H]23)CCC2(CC2OCCCO)[C@@H]1[OH2+]. The van der Waals surface area contributed by atoms with Gasteiger partial charge in [-0.15, -0.1) is 0 Å². The van der Waals surface area contributed by atoms with Gasteiger partial charge in [-0.25, -0.2) is 0 Å². The number of hydrogen-bond donors (Lipinski definition) is 2. The highest BCUT2D eigenvalue weighted by Gasteiger charge is 2.65. The molecule has 1 aliphatic heterocycles. The molecule has 4 unspecified atom stereocenters. The quantitative estimate of drug-likeness (QED) is 0.261. The molecule has 5 aliphatic rings. The second kappa shape index (κ2) is 10.7. The molecule has 37 heavy (non-hydrogen) atoms. The summed E-state index contributed by atoms with van der Waals surface area (Å²) >= 11 is 0. The van der Waals surface area contributed by atoms with Crippen LogP contribution in [0.15, 0.2) is 47.6 Å².